The highest BCUT2D eigenvalue weighted by Crippen LogP contribution is 2.30. The van der Waals surface area contributed by atoms with Gasteiger partial charge in [-0.3, -0.25) is 9.59 Å². The molecule has 2 amide bonds. The van der Waals surface area contributed by atoms with E-state index in [-0.39, 0.29) is 11.8 Å². The van der Waals surface area contributed by atoms with Gasteiger partial charge in [-0.2, -0.15) is 0 Å². The van der Waals surface area contributed by atoms with Crippen molar-refractivity contribution < 1.29 is 14.3 Å². The minimum absolute atomic E-state index is 0.0775. The zero-order chi connectivity index (χ0) is 16.9. The minimum atomic E-state index is 0.0775. The number of methoxy groups -OCH3 is 1. The molecule has 3 rings (SSSR count). The second-order valence-corrected chi connectivity index (χ2v) is 7.63. The predicted octanol–water partition coefficient (Wildman–Crippen LogP) is 1.48. The van der Waals surface area contributed by atoms with Gasteiger partial charge in [-0.05, 0) is 17.5 Å². The molecular formula is C16H21N3O3S2. The van der Waals surface area contributed by atoms with Gasteiger partial charge in [0.1, 0.15) is 0 Å². The Balaban J connectivity index is 1.48. The number of nitrogens with zero attached hydrogens (tertiary/aromatic N) is 2. The van der Waals surface area contributed by atoms with Gasteiger partial charge in [0.15, 0.2) is 0 Å². The molecule has 8 heteroatoms. The van der Waals surface area contributed by atoms with E-state index < -0.39 is 0 Å². The van der Waals surface area contributed by atoms with Crippen LogP contribution in [-0.4, -0.2) is 74.6 Å². The van der Waals surface area contributed by atoms with Crippen molar-refractivity contribution >= 4 is 43.9 Å². The highest BCUT2D eigenvalue weighted by Gasteiger charge is 2.25. The molecule has 0 atom stereocenters. The van der Waals surface area contributed by atoms with Crippen LogP contribution >= 0.6 is 22.7 Å². The lowest BCUT2D eigenvalue weighted by molar-refractivity contribution is -0.131. The molecule has 0 radical (unpaired) electrons. The third-order valence-electron chi connectivity index (χ3n) is 4.03. The number of piperazine rings is 1. The number of amides is 2. The molecule has 1 aliphatic rings. The molecule has 0 bridgehead atoms. The highest BCUT2D eigenvalue weighted by atomic mass is 32.1. The quantitative estimate of drug-likeness (QED) is 0.786. The van der Waals surface area contributed by atoms with E-state index in [0.717, 1.165) is 4.88 Å². The van der Waals surface area contributed by atoms with Crippen molar-refractivity contribution in [1.29, 1.82) is 0 Å². The van der Waals surface area contributed by atoms with Gasteiger partial charge in [0.2, 0.25) is 5.91 Å². The van der Waals surface area contributed by atoms with E-state index in [0.29, 0.717) is 45.9 Å². The maximum absolute atomic E-state index is 12.6. The number of fused-ring (bicyclic) bond motifs is 1. The number of ether oxygens (including phenoxy) is 1. The Morgan fingerprint density at radius 2 is 1.96 bits per heavy atom. The number of thiophene rings is 2. The molecule has 1 fully saturated rings. The predicted molar refractivity (Wildman–Crippen MR) is 96.9 cm³/mol. The van der Waals surface area contributed by atoms with E-state index in [1.807, 2.05) is 21.2 Å². The SMILES string of the molecule is COCCNCC(=O)N1CCN(C(=O)c2cc3sccc3s2)CC1. The van der Waals surface area contributed by atoms with Gasteiger partial charge >= 0.3 is 0 Å². The van der Waals surface area contributed by atoms with Gasteiger partial charge in [-0.15, -0.1) is 22.7 Å². The maximum atomic E-state index is 12.6. The third kappa shape index (κ3) is 3.94. The van der Waals surface area contributed by atoms with Gasteiger partial charge < -0.3 is 19.9 Å². The molecule has 1 N–H and O–H groups in total. The van der Waals surface area contributed by atoms with Crippen LogP contribution in [-0.2, 0) is 9.53 Å². The van der Waals surface area contributed by atoms with E-state index in [4.69, 9.17) is 4.74 Å². The van der Waals surface area contributed by atoms with Crippen molar-refractivity contribution in [3.8, 4) is 0 Å². The standard InChI is InChI=1S/C16H21N3O3S2/c1-22-8-3-17-11-15(20)18-4-6-19(7-5-18)16(21)14-10-13-12(24-14)2-9-23-13/h2,9-10,17H,3-8,11H2,1H3. The molecule has 24 heavy (non-hydrogen) atoms. The molecule has 1 aliphatic heterocycles. The fourth-order valence-corrected chi connectivity index (χ4v) is 4.74. The van der Waals surface area contributed by atoms with Crippen LogP contribution in [0.4, 0.5) is 0 Å². The van der Waals surface area contributed by atoms with Crippen molar-refractivity contribution in [3.63, 3.8) is 0 Å². The molecule has 2 aromatic heterocycles. The van der Waals surface area contributed by atoms with Crippen LogP contribution in [0.15, 0.2) is 17.5 Å². The Hall–Kier alpha value is -1.48. The lowest BCUT2D eigenvalue weighted by Crippen LogP contribution is -2.52. The first-order valence-corrected chi connectivity index (χ1v) is 9.62. The summed E-state index contributed by atoms with van der Waals surface area (Å²) in [4.78, 5) is 29.2. The first-order valence-electron chi connectivity index (χ1n) is 7.93. The Morgan fingerprint density at radius 1 is 1.21 bits per heavy atom. The van der Waals surface area contributed by atoms with Gasteiger partial charge in [-0.25, -0.2) is 0 Å². The van der Waals surface area contributed by atoms with Gasteiger partial charge in [0.05, 0.1) is 18.0 Å². The molecule has 3 heterocycles. The van der Waals surface area contributed by atoms with Crippen LogP contribution in [0.1, 0.15) is 9.67 Å². The van der Waals surface area contributed by atoms with Crippen molar-refractivity contribution in [3.05, 3.63) is 22.4 Å². The van der Waals surface area contributed by atoms with Gasteiger partial charge in [0, 0.05) is 49.2 Å². The van der Waals surface area contributed by atoms with Crippen molar-refractivity contribution in [2.75, 3.05) is 53.0 Å². The Kier molecular flexibility index (Phi) is 5.83. The molecule has 0 unspecified atom stereocenters. The molecule has 0 aromatic carbocycles. The fraction of sp³-hybridized carbons (Fsp3) is 0.500. The third-order valence-corrected chi connectivity index (χ3v) is 6.11. The Morgan fingerprint density at radius 3 is 2.67 bits per heavy atom. The topological polar surface area (TPSA) is 61.9 Å². The van der Waals surface area contributed by atoms with Crippen LogP contribution in [0.25, 0.3) is 9.40 Å². The molecule has 1 saturated heterocycles. The van der Waals surface area contributed by atoms with Crippen LogP contribution in [0.3, 0.4) is 0 Å². The number of carbonyl (C=O) groups is 2. The highest BCUT2D eigenvalue weighted by molar-refractivity contribution is 7.27. The Bertz CT molecular complexity index is 676. The second kappa shape index (κ2) is 8.06. The first-order chi connectivity index (χ1) is 11.7. The molecule has 6 nitrogen and oxygen atoms in total. The van der Waals surface area contributed by atoms with Crippen LogP contribution in [0.2, 0.25) is 0 Å². The fourth-order valence-electron chi connectivity index (χ4n) is 2.67. The molecular weight excluding hydrogens is 346 g/mol. The zero-order valence-corrected chi connectivity index (χ0v) is 15.3. The summed E-state index contributed by atoms with van der Waals surface area (Å²) >= 11 is 3.20. The maximum Gasteiger partial charge on any atom is 0.264 e. The minimum Gasteiger partial charge on any atom is -0.383 e. The summed E-state index contributed by atoms with van der Waals surface area (Å²) in [6.45, 7) is 3.94. The smallest absolute Gasteiger partial charge is 0.264 e. The average Bonchev–Trinajstić information content (AvgIpc) is 3.20. The first kappa shape index (κ1) is 17.3. The van der Waals surface area contributed by atoms with Crippen molar-refractivity contribution in [2.45, 2.75) is 0 Å². The molecule has 0 saturated carbocycles. The lowest BCUT2D eigenvalue weighted by atomic mass is 10.3. The van der Waals surface area contributed by atoms with Crippen LogP contribution < -0.4 is 5.32 Å². The van der Waals surface area contributed by atoms with E-state index in [1.165, 1.54) is 9.40 Å². The Labute approximate surface area is 149 Å². The number of rotatable bonds is 6. The summed E-state index contributed by atoms with van der Waals surface area (Å²) in [7, 11) is 1.64. The van der Waals surface area contributed by atoms with Gasteiger partial charge in [-0.1, -0.05) is 0 Å². The van der Waals surface area contributed by atoms with E-state index in [1.54, 1.807) is 29.8 Å². The summed E-state index contributed by atoms with van der Waals surface area (Å²) in [6, 6.07) is 4.03. The molecule has 130 valence electrons. The summed E-state index contributed by atoms with van der Waals surface area (Å²) in [5.74, 6) is 0.156. The normalized spacial score (nSPS) is 15.2. The van der Waals surface area contributed by atoms with E-state index in [2.05, 4.69) is 11.4 Å². The lowest BCUT2D eigenvalue weighted by Gasteiger charge is -2.34. The monoisotopic (exact) mass is 367 g/mol. The van der Waals surface area contributed by atoms with Crippen molar-refractivity contribution in [1.82, 2.24) is 15.1 Å². The van der Waals surface area contributed by atoms with Crippen LogP contribution in [0.5, 0.6) is 0 Å². The zero-order valence-electron chi connectivity index (χ0n) is 13.6. The summed E-state index contributed by atoms with van der Waals surface area (Å²) in [5, 5.41) is 5.10. The summed E-state index contributed by atoms with van der Waals surface area (Å²) < 4.78 is 7.27. The second-order valence-electron chi connectivity index (χ2n) is 5.60. The van der Waals surface area contributed by atoms with Gasteiger partial charge in [0.25, 0.3) is 5.91 Å². The number of carbonyl (C=O) groups excluding carboxylic acids is 2. The summed E-state index contributed by atoms with van der Waals surface area (Å²) in [5.41, 5.74) is 0. The van der Waals surface area contributed by atoms with Crippen molar-refractivity contribution in [2.24, 2.45) is 0 Å². The van der Waals surface area contributed by atoms with Crippen LogP contribution in [0, 0.1) is 0 Å². The molecule has 0 aliphatic carbocycles. The summed E-state index contributed by atoms with van der Waals surface area (Å²) in [6.07, 6.45) is 0. The molecule has 2 aromatic rings. The number of hydrogen-bond acceptors (Lipinski definition) is 6. The van der Waals surface area contributed by atoms with E-state index >= 15 is 0 Å². The number of nitrogens with one attached hydrogen (secondary N) is 1. The molecule has 0 spiro atoms. The average molecular weight is 367 g/mol. The van der Waals surface area contributed by atoms with E-state index in [9.17, 15) is 9.59 Å². The number of hydrogen-bond donors (Lipinski definition) is 1. The largest absolute Gasteiger partial charge is 0.383 e.